The summed E-state index contributed by atoms with van der Waals surface area (Å²) in [6.07, 6.45) is 1.32. The minimum Gasteiger partial charge on any atom is -0.490 e. The van der Waals surface area contributed by atoms with Crippen molar-refractivity contribution in [1.29, 1.82) is 0 Å². The normalized spacial score (nSPS) is 14.3. The Morgan fingerprint density at radius 1 is 0.921 bits per heavy atom. The highest BCUT2D eigenvalue weighted by Gasteiger charge is 2.36. The van der Waals surface area contributed by atoms with E-state index in [1.165, 1.54) is 24.3 Å². The first-order valence-corrected chi connectivity index (χ1v) is 11.7. The molecule has 1 heterocycles. The van der Waals surface area contributed by atoms with E-state index >= 15 is 0 Å². The lowest BCUT2D eigenvalue weighted by Crippen LogP contribution is -2.54. The summed E-state index contributed by atoms with van der Waals surface area (Å²) >= 11 is 0. The summed E-state index contributed by atoms with van der Waals surface area (Å²) in [5.74, 6) is -1.82. The van der Waals surface area contributed by atoms with Crippen molar-refractivity contribution in [2.75, 3.05) is 18.1 Å². The van der Waals surface area contributed by atoms with Crippen LogP contribution in [0.5, 0.6) is 17.2 Å². The topological polar surface area (TPSA) is 131 Å². The van der Waals surface area contributed by atoms with Crippen LogP contribution >= 0.6 is 0 Å². The van der Waals surface area contributed by atoms with Gasteiger partial charge in [-0.05, 0) is 60.5 Å². The fourth-order valence-electron chi connectivity index (χ4n) is 3.63. The van der Waals surface area contributed by atoms with Gasteiger partial charge in [-0.15, -0.1) is 0 Å². The second-order valence-electron chi connectivity index (χ2n) is 8.05. The third kappa shape index (κ3) is 6.16. The van der Waals surface area contributed by atoms with Gasteiger partial charge in [0.1, 0.15) is 17.9 Å². The molecule has 0 spiro atoms. The molecule has 4 amide bonds. The zero-order valence-electron chi connectivity index (χ0n) is 20.4. The molecule has 1 fully saturated rings. The van der Waals surface area contributed by atoms with Gasteiger partial charge in [-0.1, -0.05) is 36.4 Å². The van der Waals surface area contributed by atoms with Crippen LogP contribution in [0.15, 0.2) is 78.4 Å². The Morgan fingerprint density at radius 2 is 1.66 bits per heavy atom. The van der Waals surface area contributed by atoms with Gasteiger partial charge in [0.2, 0.25) is 0 Å². The number of imide groups is 2. The van der Waals surface area contributed by atoms with E-state index < -0.39 is 30.4 Å². The van der Waals surface area contributed by atoms with Crippen LogP contribution in [-0.2, 0) is 21.0 Å². The van der Waals surface area contributed by atoms with Crippen LogP contribution in [0.25, 0.3) is 6.08 Å². The molecule has 38 heavy (non-hydrogen) atoms. The number of aliphatic carboxylic acids is 1. The predicted octanol–water partition coefficient (Wildman–Crippen LogP) is 3.79. The highest BCUT2D eigenvalue weighted by Crippen LogP contribution is 2.30. The molecule has 0 radical (unpaired) electrons. The van der Waals surface area contributed by atoms with Crippen LogP contribution in [0.1, 0.15) is 18.1 Å². The number of hydrogen-bond donors (Lipinski definition) is 2. The Bertz CT molecular complexity index is 1380. The minimum absolute atomic E-state index is 0.196. The third-order valence-corrected chi connectivity index (χ3v) is 5.37. The number of barbiturate groups is 1. The number of nitrogens with one attached hydrogen (secondary N) is 1. The van der Waals surface area contributed by atoms with E-state index in [-0.39, 0.29) is 29.4 Å². The number of amides is 4. The monoisotopic (exact) mass is 516 g/mol. The van der Waals surface area contributed by atoms with Gasteiger partial charge in [0.25, 0.3) is 11.8 Å². The standard InChI is InChI=1S/C28H24N2O8/c1-2-36-24-15-19(8-13-23(24)38-17-25(31)32)14-22-26(33)29-28(35)30(27(22)34)20-9-11-21(12-10-20)37-16-18-6-4-3-5-7-18/h3-15H,2,16-17H2,1H3,(H,31,32)(H,29,33,35)/b22-14-. The van der Waals surface area contributed by atoms with E-state index in [0.717, 1.165) is 10.5 Å². The Morgan fingerprint density at radius 3 is 2.34 bits per heavy atom. The molecule has 1 saturated heterocycles. The summed E-state index contributed by atoms with van der Waals surface area (Å²) in [4.78, 5) is 50.0. The summed E-state index contributed by atoms with van der Waals surface area (Å²) in [6.45, 7) is 1.81. The minimum atomic E-state index is -1.15. The van der Waals surface area contributed by atoms with E-state index in [0.29, 0.717) is 17.9 Å². The van der Waals surface area contributed by atoms with Crippen molar-refractivity contribution in [3.05, 3.63) is 89.5 Å². The molecule has 0 bridgehead atoms. The molecule has 3 aromatic rings. The number of ether oxygens (including phenoxy) is 3. The van der Waals surface area contributed by atoms with Crippen LogP contribution in [-0.4, -0.2) is 42.1 Å². The van der Waals surface area contributed by atoms with E-state index in [2.05, 4.69) is 5.32 Å². The molecule has 4 rings (SSSR count). The van der Waals surface area contributed by atoms with Gasteiger partial charge in [0, 0.05) is 0 Å². The number of anilines is 1. The number of carbonyl (C=O) groups excluding carboxylic acids is 3. The van der Waals surface area contributed by atoms with Crippen LogP contribution in [0.4, 0.5) is 10.5 Å². The van der Waals surface area contributed by atoms with Crippen molar-refractivity contribution in [3.63, 3.8) is 0 Å². The van der Waals surface area contributed by atoms with Crippen molar-refractivity contribution in [1.82, 2.24) is 5.32 Å². The second-order valence-corrected chi connectivity index (χ2v) is 8.05. The molecule has 0 unspecified atom stereocenters. The number of hydrogen-bond acceptors (Lipinski definition) is 7. The van der Waals surface area contributed by atoms with E-state index in [4.69, 9.17) is 19.3 Å². The zero-order chi connectivity index (χ0) is 27.1. The number of rotatable bonds is 10. The van der Waals surface area contributed by atoms with Crippen molar-refractivity contribution in [2.24, 2.45) is 0 Å². The van der Waals surface area contributed by atoms with E-state index in [1.54, 1.807) is 31.2 Å². The van der Waals surface area contributed by atoms with Gasteiger partial charge in [-0.2, -0.15) is 0 Å². The largest absolute Gasteiger partial charge is 0.490 e. The number of benzene rings is 3. The Labute approximate surface area is 218 Å². The van der Waals surface area contributed by atoms with Crippen LogP contribution in [0.3, 0.4) is 0 Å². The highest BCUT2D eigenvalue weighted by atomic mass is 16.5. The van der Waals surface area contributed by atoms with Gasteiger partial charge in [0.05, 0.1) is 12.3 Å². The zero-order valence-corrected chi connectivity index (χ0v) is 20.4. The average molecular weight is 517 g/mol. The Balaban J connectivity index is 1.54. The van der Waals surface area contributed by atoms with Crippen LogP contribution in [0.2, 0.25) is 0 Å². The number of carboxylic acid groups (broad SMARTS) is 1. The maximum absolute atomic E-state index is 13.2. The molecule has 10 nitrogen and oxygen atoms in total. The molecule has 3 aromatic carbocycles. The maximum atomic E-state index is 13.2. The summed E-state index contributed by atoms with van der Waals surface area (Å²) in [5.41, 5.74) is 1.39. The molecule has 1 aliphatic rings. The SMILES string of the molecule is CCOc1cc(/C=C2/C(=O)NC(=O)N(c3ccc(OCc4ccccc4)cc3)C2=O)ccc1OCC(=O)O. The number of nitrogens with zero attached hydrogens (tertiary/aromatic N) is 1. The third-order valence-electron chi connectivity index (χ3n) is 5.37. The maximum Gasteiger partial charge on any atom is 0.341 e. The van der Waals surface area contributed by atoms with E-state index in [9.17, 15) is 19.2 Å². The van der Waals surface area contributed by atoms with E-state index in [1.807, 2.05) is 30.3 Å². The number of urea groups is 1. The summed E-state index contributed by atoms with van der Waals surface area (Å²) < 4.78 is 16.5. The fourth-order valence-corrected chi connectivity index (χ4v) is 3.63. The van der Waals surface area contributed by atoms with Gasteiger partial charge in [0.15, 0.2) is 18.1 Å². The lowest BCUT2D eigenvalue weighted by atomic mass is 10.1. The summed E-state index contributed by atoms with van der Waals surface area (Å²) in [6, 6.07) is 19.6. The van der Waals surface area contributed by atoms with Crippen molar-refractivity contribution in [2.45, 2.75) is 13.5 Å². The number of carboxylic acids is 1. The first kappa shape index (κ1) is 26.0. The van der Waals surface area contributed by atoms with Gasteiger partial charge >= 0.3 is 12.0 Å². The van der Waals surface area contributed by atoms with Gasteiger partial charge < -0.3 is 19.3 Å². The van der Waals surface area contributed by atoms with Crippen LogP contribution < -0.4 is 24.4 Å². The fraction of sp³-hybridized carbons (Fsp3) is 0.143. The second kappa shape index (κ2) is 11.7. The smallest absolute Gasteiger partial charge is 0.341 e. The summed E-state index contributed by atoms with van der Waals surface area (Å²) in [5, 5.41) is 11.0. The first-order chi connectivity index (χ1) is 18.4. The Hall–Kier alpha value is -5.12. The molecule has 0 aromatic heterocycles. The van der Waals surface area contributed by atoms with Crippen molar-refractivity contribution < 1.29 is 38.5 Å². The first-order valence-electron chi connectivity index (χ1n) is 11.7. The molecule has 0 atom stereocenters. The molecule has 0 saturated carbocycles. The molecule has 0 aliphatic carbocycles. The quantitative estimate of drug-likeness (QED) is 0.307. The molecular weight excluding hydrogens is 492 g/mol. The lowest BCUT2D eigenvalue weighted by molar-refractivity contribution is -0.139. The number of carbonyl (C=O) groups is 4. The molecule has 1 aliphatic heterocycles. The van der Waals surface area contributed by atoms with Gasteiger partial charge in [-0.25, -0.2) is 14.5 Å². The molecule has 194 valence electrons. The predicted molar refractivity (Wildman–Crippen MR) is 137 cm³/mol. The van der Waals surface area contributed by atoms with Gasteiger partial charge in [-0.3, -0.25) is 14.9 Å². The highest BCUT2D eigenvalue weighted by molar-refractivity contribution is 6.39. The molecular formula is C28H24N2O8. The summed E-state index contributed by atoms with van der Waals surface area (Å²) in [7, 11) is 0. The molecule has 2 N–H and O–H groups in total. The van der Waals surface area contributed by atoms with Crippen molar-refractivity contribution in [3.8, 4) is 17.2 Å². The van der Waals surface area contributed by atoms with Crippen molar-refractivity contribution >= 4 is 35.6 Å². The lowest BCUT2D eigenvalue weighted by Gasteiger charge is -2.26. The average Bonchev–Trinajstić information content (AvgIpc) is 2.90. The Kier molecular flexibility index (Phi) is 8.02. The molecule has 10 heteroatoms. The van der Waals surface area contributed by atoms with Crippen LogP contribution in [0, 0.1) is 0 Å².